The first-order valence-corrected chi connectivity index (χ1v) is 8.82. The summed E-state index contributed by atoms with van der Waals surface area (Å²) in [5.74, 6) is 2.62. The Morgan fingerprint density at radius 2 is 2.09 bits per heavy atom. The normalized spacial score (nSPS) is 11.4. The van der Waals surface area contributed by atoms with Crippen LogP contribution in [0.25, 0.3) is 11.6 Å². The van der Waals surface area contributed by atoms with Crippen LogP contribution < -0.4 is 5.32 Å². The fourth-order valence-corrected chi connectivity index (χ4v) is 2.79. The van der Waals surface area contributed by atoms with Gasteiger partial charge in [0.05, 0.1) is 12.0 Å². The summed E-state index contributed by atoms with van der Waals surface area (Å²) in [4.78, 5) is 11.9. The van der Waals surface area contributed by atoms with Gasteiger partial charge < -0.3 is 9.73 Å². The van der Waals surface area contributed by atoms with Gasteiger partial charge in [-0.25, -0.2) is 0 Å². The Morgan fingerprint density at radius 1 is 1.30 bits per heavy atom. The van der Waals surface area contributed by atoms with Crippen molar-refractivity contribution >= 4 is 17.7 Å². The summed E-state index contributed by atoms with van der Waals surface area (Å²) in [6.45, 7) is 9.88. The molecule has 0 fully saturated rings. The molecule has 2 aromatic heterocycles. The number of amides is 1. The zero-order valence-corrected chi connectivity index (χ0v) is 14.9. The molecule has 0 saturated carbocycles. The van der Waals surface area contributed by atoms with Crippen LogP contribution in [-0.4, -0.2) is 33.0 Å². The number of carbonyl (C=O) groups is 1. The topological polar surface area (TPSA) is 73.0 Å². The summed E-state index contributed by atoms with van der Waals surface area (Å²) >= 11 is 1.40. The molecule has 0 aliphatic carbocycles. The van der Waals surface area contributed by atoms with Crippen LogP contribution in [0, 0.1) is 11.8 Å². The Morgan fingerprint density at radius 3 is 2.70 bits per heavy atom. The highest BCUT2D eigenvalue weighted by molar-refractivity contribution is 7.99. The molecule has 0 aliphatic rings. The second-order valence-corrected chi connectivity index (χ2v) is 7.22. The third-order valence-electron chi connectivity index (χ3n) is 3.05. The van der Waals surface area contributed by atoms with E-state index in [1.165, 1.54) is 11.8 Å². The lowest BCUT2D eigenvalue weighted by Gasteiger charge is -2.11. The quantitative estimate of drug-likeness (QED) is 0.750. The summed E-state index contributed by atoms with van der Waals surface area (Å²) in [6, 6.07) is 3.69. The van der Waals surface area contributed by atoms with Gasteiger partial charge in [-0.15, -0.1) is 10.2 Å². The number of nitrogens with one attached hydrogen (secondary N) is 1. The number of aromatic nitrogens is 3. The van der Waals surface area contributed by atoms with E-state index < -0.39 is 0 Å². The van der Waals surface area contributed by atoms with Gasteiger partial charge in [-0.1, -0.05) is 39.5 Å². The van der Waals surface area contributed by atoms with Crippen LogP contribution in [0.15, 0.2) is 28.0 Å². The van der Waals surface area contributed by atoms with E-state index in [9.17, 15) is 4.79 Å². The molecular formula is C16H24N4O2S. The van der Waals surface area contributed by atoms with Crippen LogP contribution >= 0.6 is 11.8 Å². The first-order valence-electron chi connectivity index (χ1n) is 7.84. The lowest BCUT2D eigenvalue weighted by atomic mass is 10.2. The van der Waals surface area contributed by atoms with E-state index >= 15 is 0 Å². The molecular weight excluding hydrogens is 312 g/mol. The SMILES string of the molecule is CC(C)CNC(=O)CSc1nnc(-c2ccco2)n1CC(C)C. The summed E-state index contributed by atoms with van der Waals surface area (Å²) < 4.78 is 7.45. The molecule has 0 spiro atoms. The minimum Gasteiger partial charge on any atom is -0.461 e. The maximum Gasteiger partial charge on any atom is 0.230 e. The summed E-state index contributed by atoms with van der Waals surface area (Å²) in [5, 5.41) is 12.1. The maximum atomic E-state index is 11.9. The van der Waals surface area contributed by atoms with Crippen molar-refractivity contribution in [1.29, 1.82) is 0 Å². The fourth-order valence-electron chi connectivity index (χ4n) is 2.01. The minimum absolute atomic E-state index is 0.0161. The fraction of sp³-hybridized carbons (Fsp3) is 0.562. The molecule has 6 nitrogen and oxygen atoms in total. The Balaban J connectivity index is 2.08. The van der Waals surface area contributed by atoms with Crippen molar-refractivity contribution in [3.05, 3.63) is 18.4 Å². The summed E-state index contributed by atoms with van der Waals surface area (Å²) in [5.41, 5.74) is 0. The zero-order valence-electron chi connectivity index (χ0n) is 14.1. The molecule has 2 rings (SSSR count). The zero-order chi connectivity index (χ0) is 16.8. The Hall–Kier alpha value is -1.76. The van der Waals surface area contributed by atoms with Gasteiger partial charge in [0.1, 0.15) is 0 Å². The number of nitrogens with zero attached hydrogens (tertiary/aromatic N) is 3. The lowest BCUT2D eigenvalue weighted by molar-refractivity contribution is -0.118. The monoisotopic (exact) mass is 336 g/mol. The van der Waals surface area contributed by atoms with Crippen LogP contribution in [0.3, 0.4) is 0 Å². The average Bonchev–Trinajstić information content (AvgIpc) is 3.12. The minimum atomic E-state index is 0.0161. The number of rotatable bonds is 8. The van der Waals surface area contributed by atoms with Crippen molar-refractivity contribution in [3.63, 3.8) is 0 Å². The van der Waals surface area contributed by atoms with Crippen LogP contribution in [0.1, 0.15) is 27.7 Å². The van der Waals surface area contributed by atoms with Gasteiger partial charge >= 0.3 is 0 Å². The molecule has 0 bridgehead atoms. The largest absolute Gasteiger partial charge is 0.461 e. The summed E-state index contributed by atoms with van der Waals surface area (Å²) in [7, 11) is 0. The lowest BCUT2D eigenvalue weighted by Crippen LogP contribution is -2.28. The van der Waals surface area contributed by atoms with E-state index in [1.807, 2.05) is 16.7 Å². The molecule has 126 valence electrons. The van der Waals surface area contributed by atoms with Gasteiger partial charge in [-0.2, -0.15) is 0 Å². The molecule has 0 saturated heterocycles. The predicted molar refractivity (Wildman–Crippen MR) is 91.1 cm³/mol. The Kier molecular flexibility index (Phi) is 6.27. The highest BCUT2D eigenvalue weighted by Gasteiger charge is 2.18. The molecule has 0 radical (unpaired) electrons. The third kappa shape index (κ3) is 5.13. The Labute approximate surface area is 141 Å². The van der Waals surface area contributed by atoms with Crippen molar-refractivity contribution in [2.24, 2.45) is 11.8 Å². The van der Waals surface area contributed by atoms with Gasteiger partial charge in [0.25, 0.3) is 0 Å². The average molecular weight is 336 g/mol. The Bertz CT molecular complexity index is 620. The van der Waals surface area contributed by atoms with Gasteiger partial charge in [-0.05, 0) is 24.0 Å². The molecule has 23 heavy (non-hydrogen) atoms. The molecule has 0 aromatic carbocycles. The van der Waals surface area contributed by atoms with E-state index in [2.05, 4.69) is 43.2 Å². The molecule has 0 atom stereocenters. The number of hydrogen-bond acceptors (Lipinski definition) is 5. The smallest absolute Gasteiger partial charge is 0.230 e. The standard InChI is InChI=1S/C16H24N4O2S/c1-11(2)8-17-14(21)10-23-16-19-18-15(13-6-5-7-22-13)20(16)9-12(3)4/h5-7,11-12H,8-10H2,1-4H3,(H,17,21). The molecule has 0 aliphatic heterocycles. The van der Waals surface area contributed by atoms with Crippen LogP contribution in [-0.2, 0) is 11.3 Å². The van der Waals surface area contributed by atoms with Crippen LogP contribution in [0.4, 0.5) is 0 Å². The number of carbonyl (C=O) groups excluding carboxylic acids is 1. The van der Waals surface area contributed by atoms with E-state index in [-0.39, 0.29) is 5.91 Å². The van der Waals surface area contributed by atoms with Crippen molar-refractivity contribution in [2.45, 2.75) is 39.4 Å². The van der Waals surface area contributed by atoms with E-state index in [0.29, 0.717) is 35.7 Å². The molecule has 1 amide bonds. The van der Waals surface area contributed by atoms with Crippen molar-refractivity contribution in [3.8, 4) is 11.6 Å². The predicted octanol–water partition coefficient (Wildman–Crippen LogP) is 3.06. The van der Waals surface area contributed by atoms with Crippen molar-refractivity contribution in [1.82, 2.24) is 20.1 Å². The molecule has 0 unspecified atom stereocenters. The maximum absolute atomic E-state index is 11.9. The highest BCUT2D eigenvalue weighted by Crippen LogP contribution is 2.25. The van der Waals surface area contributed by atoms with E-state index in [1.54, 1.807) is 6.26 Å². The van der Waals surface area contributed by atoms with Gasteiger partial charge in [0, 0.05) is 13.1 Å². The van der Waals surface area contributed by atoms with Crippen LogP contribution in [0.5, 0.6) is 0 Å². The van der Waals surface area contributed by atoms with Crippen molar-refractivity contribution in [2.75, 3.05) is 12.3 Å². The first-order chi connectivity index (χ1) is 11.0. The molecule has 2 heterocycles. The second-order valence-electron chi connectivity index (χ2n) is 6.27. The van der Waals surface area contributed by atoms with Gasteiger partial charge in [0.15, 0.2) is 16.7 Å². The number of hydrogen-bond donors (Lipinski definition) is 1. The molecule has 2 aromatic rings. The van der Waals surface area contributed by atoms with E-state index in [0.717, 1.165) is 11.7 Å². The van der Waals surface area contributed by atoms with Gasteiger partial charge in [-0.3, -0.25) is 9.36 Å². The van der Waals surface area contributed by atoms with E-state index in [4.69, 9.17) is 4.42 Å². The third-order valence-corrected chi connectivity index (χ3v) is 4.01. The second kappa shape index (κ2) is 8.19. The first kappa shape index (κ1) is 17.6. The summed E-state index contributed by atoms with van der Waals surface area (Å²) in [6.07, 6.45) is 1.62. The number of thioether (sulfide) groups is 1. The van der Waals surface area contributed by atoms with Crippen molar-refractivity contribution < 1.29 is 9.21 Å². The molecule has 7 heteroatoms. The highest BCUT2D eigenvalue weighted by atomic mass is 32.2. The molecule has 1 N–H and O–H groups in total. The van der Waals surface area contributed by atoms with Crippen LogP contribution in [0.2, 0.25) is 0 Å². The number of furan rings is 1. The van der Waals surface area contributed by atoms with Gasteiger partial charge in [0.2, 0.25) is 5.91 Å².